The van der Waals surface area contributed by atoms with Crippen LogP contribution in [0.4, 0.5) is 0 Å². The number of aromatic amines is 1. The maximum Gasteiger partial charge on any atom is 0.261 e. The van der Waals surface area contributed by atoms with Gasteiger partial charge in [0.1, 0.15) is 11.3 Å². The average Bonchev–Trinajstić information content (AvgIpc) is 2.76. The van der Waals surface area contributed by atoms with Crippen molar-refractivity contribution in [1.29, 1.82) is 0 Å². The Morgan fingerprint density at radius 1 is 1.07 bits per heavy atom. The summed E-state index contributed by atoms with van der Waals surface area (Å²) >= 11 is 0. The molecule has 1 unspecified atom stereocenters. The molecule has 158 valence electrons. The van der Waals surface area contributed by atoms with Crippen molar-refractivity contribution in [3.63, 3.8) is 0 Å². The van der Waals surface area contributed by atoms with E-state index in [0.29, 0.717) is 31.7 Å². The van der Waals surface area contributed by atoms with E-state index >= 15 is 0 Å². The largest absolute Gasteiger partial charge is 0.497 e. The number of carbonyl (C=O) groups excluding carboxylic acids is 2. The second-order valence-corrected chi connectivity index (χ2v) is 8.42. The lowest BCUT2D eigenvalue weighted by Gasteiger charge is -2.47. The van der Waals surface area contributed by atoms with Crippen LogP contribution in [0, 0.1) is 5.41 Å². The zero-order valence-electron chi connectivity index (χ0n) is 17.4. The topological polar surface area (TPSA) is 82.7 Å². The molecule has 1 N–H and O–H groups in total. The van der Waals surface area contributed by atoms with Gasteiger partial charge >= 0.3 is 0 Å². The van der Waals surface area contributed by atoms with E-state index in [1.807, 2.05) is 31.3 Å². The first-order chi connectivity index (χ1) is 14.4. The molecule has 1 aromatic carbocycles. The zero-order chi connectivity index (χ0) is 21.3. The van der Waals surface area contributed by atoms with Crippen LogP contribution in [0.3, 0.4) is 0 Å². The van der Waals surface area contributed by atoms with Gasteiger partial charge in [0.25, 0.3) is 11.5 Å². The molecule has 3 heterocycles. The lowest BCUT2D eigenvalue weighted by molar-refractivity contribution is -0.137. The normalized spacial score (nSPS) is 21.7. The Balaban J connectivity index is 1.53. The van der Waals surface area contributed by atoms with E-state index in [1.165, 1.54) is 0 Å². The number of nitrogens with zero attached hydrogens (tertiary/aromatic N) is 2. The number of carbonyl (C=O) groups is 2. The molecule has 1 spiro atoms. The van der Waals surface area contributed by atoms with Gasteiger partial charge in [0.15, 0.2) is 0 Å². The Kier molecular flexibility index (Phi) is 5.37. The van der Waals surface area contributed by atoms with E-state index in [4.69, 9.17) is 4.74 Å². The molecule has 2 amide bonds. The van der Waals surface area contributed by atoms with Crippen molar-refractivity contribution in [3.05, 3.63) is 52.3 Å². The van der Waals surface area contributed by atoms with Crippen LogP contribution < -0.4 is 10.3 Å². The van der Waals surface area contributed by atoms with Crippen LogP contribution in [0.5, 0.6) is 5.75 Å². The van der Waals surface area contributed by atoms with Crippen LogP contribution in [0.1, 0.15) is 36.0 Å². The highest BCUT2D eigenvalue weighted by Crippen LogP contribution is 2.38. The smallest absolute Gasteiger partial charge is 0.261 e. The third-order valence-corrected chi connectivity index (χ3v) is 6.36. The number of piperidine rings is 2. The first-order valence-corrected chi connectivity index (χ1v) is 10.3. The van der Waals surface area contributed by atoms with Crippen LogP contribution in [-0.2, 0) is 4.79 Å². The molecule has 30 heavy (non-hydrogen) atoms. The van der Waals surface area contributed by atoms with Gasteiger partial charge in [0, 0.05) is 44.2 Å². The van der Waals surface area contributed by atoms with Gasteiger partial charge in [-0.2, -0.15) is 0 Å². The molecule has 4 rings (SSSR count). The fourth-order valence-electron chi connectivity index (χ4n) is 4.70. The van der Waals surface area contributed by atoms with E-state index in [1.54, 1.807) is 29.0 Å². The highest BCUT2D eigenvalue weighted by atomic mass is 16.5. The summed E-state index contributed by atoms with van der Waals surface area (Å²) in [6, 6.07) is 10.8. The number of nitrogens with one attached hydrogen (secondary N) is 1. The summed E-state index contributed by atoms with van der Waals surface area (Å²) in [4.78, 5) is 44.1. The first kappa shape index (κ1) is 20.2. The highest BCUT2D eigenvalue weighted by Gasteiger charge is 2.42. The van der Waals surface area contributed by atoms with E-state index in [-0.39, 0.29) is 28.4 Å². The standard InChI is InChI=1S/C23H27N3O4/c1-25-14-23(12-10-20(25)27)11-3-13-26(15-23)22(29)18-8-9-19(24-21(18)28)16-4-6-17(30-2)7-5-16/h4-9H,3,10-15H2,1-2H3,(H,24,28). The number of rotatable bonds is 3. The van der Waals surface area contributed by atoms with Gasteiger partial charge in [0.2, 0.25) is 5.91 Å². The maximum absolute atomic E-state index is 13.1. The predicted octanol–water partition coefficient (Wildman–Crippen LogP) is 2.53. The van der Waals surface area contributed by atoms with Gasteiger partial charge in [-0.3, -0.25) is 14.4 Å². The van der Waals surface area contributed by atoms with E-state index < -0.39 is 0 Å². The van der Waals surface area contributed by atoms with Gasteiger partial charge < -0.3 is 19.5 Å². The van der Waals surface area contributed by atoms with Gasteiger partial charge in [0.05, 0.1) is 7.11 Å². The number of aromatic nitrogens is 1. The van der Waals surface area contributed by atoms with Gasteiger partial charge in [-0.05, 0) is 61.2 Å². The van der Waals surface area contributed by atoms with Crippen molar-refractivity contribution < 1.29 is 14.3 Å². The summed E-state index contributed by atoms with van der Waals surface area (Å²) in [6.07, 6.45) is 3.21. The lowest BCUT2D eigenvalue weighted by Crippen LogP contribution is -2.54. The number of likely N-dealkylation sites (tertiary alicyclic amines) is 2. The van der Waals surface area contributed by atoms with E-state index in [2.05, 4.69) is 4.98 Å². The Morgan fingerprint density at radius 3 is 2.50 bits per heavy atom. The first-order valence-electron chi connectivity index (χ1n) is 10.3. The third-order valence-electron chi connectivity index (χ3n) is 6.36. The Hall–Kier alpha value is -3.09. The van der Waals surface area contributed by atoms with Crippen LogP contribution in [0.25, 0.3) is 11.3 Å². The molecule has 2 saturated heterocycles. The molecular weight excluding hydrogens is 382 g/mol. The molecule has 7 heteroatoms. The van der Waals surface area contributed by atoms with Crippen LogP contribution in [-0.4, -0.2) is 60.4 Å². The number of hydrogen-bond donors (Lipinski definition) is 1. The molecule has 2 fully saturated rings. The second-order valence-electron chi connectivity index (χ2n) is 8.42. The van der Waals surface area contributed by atoms with Crippen molar-refractivity contribution in [2.45, 2.75) is 25.7 Å². The zero-order valence-corrected chi connectivity index (χ0v) is 17.4. The molecule has 7 nitrogen and oxygen atoms in total. The lowest BCUT2D eigenvalue weighted by atomic mass is 9.73. The summed E-state index contributed by atoms with van der Waals surface area (Å²) < 4.78 is 5.16. The number of pyridine rings is 1. The summed E-state index contributed by atoms with van der Waals surface area (Å²) in [5.74, 6) is 0.660. The van der Waals surface area contributed by atoms with Crippen molar-refractivity contribution >= 4 is 11.8 Å². The minimum absolute atomic E-state index is 0.0631. The molecule has 1 atom stereocenters. The van der Waals surface area contributed by atoms with Gasteiger partial charge in [-0.15, -0.1) is 0 Å². The molecule has 0 saturated carbocycles. The average molecular weight is 409 g/mol. The summed E-state index contributed by atoms with van der Waals surface area (Å²) in [5, 5.41) is 0. The number of amides is 2. The number of benzene rings is 1. The number of ether oxygens (including phenoxy) is 1. The van der Waals surface area contributed by atoms with Crippen LogP contribution >= 0.6 is 0 Å². The number of H-pyrrole nitrogens is 1. The Bertz CT molecular complexity index is 1010. The summed E-state index contributed by atoms with van der Waals surface area (Å²) in [5.41, 5.74) is 1.21. The van der Waals surface area contributed by atoms with Crippen LogP contribution in [0.2, 0.25) is 0 Å². The third kappa shape index (κ3) is 3.84. The minimum Gasteiger partial charge on any atom is -0.497 e. The monoisotopic (exact) mass is 409 g/mol. The van der Waals surface area contributed by atoms with Crippen molar-refractivity contribution in [3.8, 4) is 17.0 Å². The maximum atomic E-state index is 13.1. The minimum atomic E-state index is -0.385. The predicted molar refractivity (Wildman–Crippen MR) is 113 cm³/mol. The number of hydrogen-bond acceptors (Lipinski definition) is 4. The van der Waals surface area contributed by atoms with Gasteiger partial charge in [-0.25, -0.2) is 0 Å². The molecular formula is C23H27N3O4. The SMILES string of the molecule is COc1ccc(-c2ccc(C(=O)N3CCCC4(CCC(=O)N(C)C4)C3)c(=O)[nH]2)cc1. The van der Waals surface area contributed by atoms with Crippen LogP contribution in [0.15, 0.2) is 41.2 Å². The summed E-state index contributed by atoms with van der Waals surface area (Å²) in [7, 11) is 3.43. The number of methoxy groups -OCH3 is 1. The van der Waals surface area contributed by atoms with E-state index in [0.717, 1.165) is 30.6 Å². The fourth-order valence-corrected chi connectivity index (χ4v) is 4.70. The molecule has 0 radical (unpaired) electrons. The molecule has 0 bridgehead atoms. The second kappa shape index (κ2) is 7.97. The molecule has 1 aromatic heterocycles. The molecule has 2 aromatic rings. The Morgan fingerprint density at radius 2 is 1.83 bits per heavy atom. The Labute approximate surface area is 175 Å². The van der Waals surface area contributed by atoms with Crippen molar-refractivity contribution in [2.75, 3.05) is 33.8 Å². The molecule has 0 aliphatic carbocycles. The fraction of sp³-hybridized carbons (Fsp3) is 0.435. The molecule has 2 aliphatic heterocycles. The van der Waals surface area contributed by atoms with Crippen molar-refractivity contribution in [2.24, 2.45) is 5.41 Å². The van der Waals surface area contributed by atoms with Crippen molar-refractivity contribution in [1.82, 2.24) is 14.8 Å². The van der Waals surface area contributed by atoms with Gasteiger partial charge in [-0.1, -0.05) is 0 Å². The quantitative estimate of drug-likeness (QED) is 0.845. The molecule has 2 aliphatic rings. The van der Waals surface area contributed by atoms with E-state index in [9.17, 15) is 14.4 Å². The highest BCUT2D eigenvalue weighted by molar-refractivity contribution is 5.94. The summed E-state index contributed by atoms with van der Waals surface area (Å²) in [6.45, 7) is 1.89.